The molecular weight excluding hydrogens is 280 g/mol. The first-order chi connectivity index (χ1) is 10.5. The average Bonchev–Trinajstić information content (AvgIpc) is 2.53. The van der Waals surface area contributed by atoms with Gasteiger partial charge in [-0.3, -0.25) is 14.8 Å². The maximum absolute atomic E-state index is 12.4. The van der Waals surface area contributed by atoms with E-state index in [9.17, 15) is 9.59 Å². The topological polar surface area (TPSA) is 92.4 Å². The van der Waals surface area contributed by atoms with E-state index in [0.29, 0.717) is 13.0 Å². The summed E-state index contributed by atoms with van der Waals surface area (Å²) in [5.74, 6) is -1.26. The second-order valence-corrected chi connectivity index (χ2v) is 5.76. The third-order valence-electron chi connectivity index (χ3n) is 4.00. The Hall–Kier alpha value is -1.72. The maximum Gasteiger partial charge on any atom is 0.246 e. The van der Waals surface area contributed by atoms with Crippen LogP contribution < -0.4 is 11.2 Å². The van der Waals surface area contributed by atoms with Crippen molar-refractivity contribution in [3.63, 3.8) is 0 Å². The number of nitrogens with two attached hydrogens (primary N) is 1. The quantitative estimate of drug-likeness (QED) is 0.371. The van der Waals surface area contributed by atoms with Crippen molar-refractivity contribution in [3.8, 4) is 0 Å². The summed E-state index contributed by atoms with van der Waals surface area (Å²) in [6, 6.07) is 7.82. The standard InChI is InChI=1S/C17H26N2O3/c1-12-6-8-14(9-7-12)13(2)16(20)11-15(17(21)19-22)5-3-4-10-18/h6-9,13,15,22H,3-5,10-11,18H2,1-2H3,(H,19,21)/t13?,15-/m0/s1. The smallest absolute Gasteiger partial charge is 0.246 e. The van der Waals surface area contributed by atoms with Gasteiger partial charge >= 0.3 is 0 Å². The van der Waals surface area contributed by atoms with Gasteiger partial charge in [-0.1, -0.05) is 43.2 Å². The Balaban J connectivity index is 2.68. The molecule has 5 heteroatoms. The monoisotopic (exact) mass is 306 g/mol. The first-order valence-corrected chi connectivity index (χ1v) is 7.72. The molecule has 2 atom stereocenters. The molecule has 0 saturated heterocycles. The molecule has 122 valence electrons. The number of benzene rings is 1. The van der Waals surface area contributed by atoms with Gasteiger partial charge in [0.05, 0.1) is 0 Å². The number of unbranched alkanes of at least 4 members (excludes halogenated alkanes) is 1. The summed E-state index contributed by atoms with van der Waals surface area (Å²) in [4.78, 5) is 24.1. The minimum Gasteiger partial charge on any atom is -0.330 e. The molecule has 0 saturated carbocycles. The van der Waals surface area contributed by atoms with Crippen molar-refractivity contribution < 1.29 is 14.8 Å². The van der Waals surface area contributed by atoms with Gasteiger partial charge in [0.2, 0.25) is 5.91 Å². The number of hydrogen-bond donors (Lipinski definition) is 3. The molecule has 0 aromatic heterocycles. The van der Waals surface area contributed by atoms with Crippen molar-refractivity contribution in [2.75, 3.05) is 6.54 Å². The predicted octanol–water partition coefficient (Wildman–Crippen LogP) is 2.31. The molecule has 1 aromatic carbocycles. The molecule has 0 bridgehead atoms. The molecule has 0 fully saturated rings. The van der Waals surface area contributed by atoms with E-state index in [1.807, 2.05) is 38.1 Å². The normalized spacial score (nSPS) is 13.5. The first-order valence-electron chi connectivity index (χ1n) is 7.72. The molecule has 0 aliphatic carbocycles. The zero-order chi connectivity index (χ0) is 16.5. The fourth-order valence-electron chi connectivity index (χ4n) is 2.41. The summed E-state index contributed by atoms with van der Waals surface area (Å²) in [6.45, 7) is 4.40. The SMILES string of the molecule is Cc1ccc(C(C)C(=O)C[C@H](CCCCN)C(=O)NO)cc1. The second-order valence-electron chi connectivity index (χ2n) is 5.76. The van der Waals surface area contributed by atoms with E-state index in [-0.39, 0.29) is 18.1 Å². The minimum absolute atomic E-state index is 0.00482. The summed E-state index contributed by atoms with van der Waals surface area (Å²) in [7, 11) is 0. The molecule has 22 heavy (non-hydrogen) atoms. The molecular formula is C17H26N2O3. The van der Waals surface area contributed by atoms with Crippen LogP contribution in [0.5, 0.6) is 0 Å². The van der Waals surface area contributed by atoms with Crippen molar-refractivity contribution in [1.29, 1.82) is 0 Å². The highest BCUT2D eigenvalue weighted by Gasteiger charge is 2.24. The molecule has 1 amide bonds. The van der Waals surface area contributed by atoms with Gasteiger partial charge in [0.1, 0.15) is 5.78 Å². The molecule has 4 N–H and O–H groups in total. The van der Waals surface area contributed by atoms with Gasteiger partial charge in [0.25, 0.3) is 0 Å². The van der Waals surface area contributed by atoms with Crippen LogP contribution in [0.2, 0.25) is 0 Å². The van der Waals surface area contributed by atoms with Crippen LogP contribution in [0.4, 0.5) is 0 Å². The Morgan fingerprint density at radius 3 is 2.41 bits per heavy atom. The highest BCUT2D eigenvalue weighted by atomic mass is 16.5. The Morgan fingerprint density at radius 2 is 1.86 bits per heavy atom. The van der Waals surface area contributed by atoms with Crippen molar-refractivity contribution in [2.24, 2.45) is 11.7 Å². The fraction of sp³-hybridized carbons (Fsp3) is 0.529. The van der Waals surface area contributed by atoms with E-state index in [2.05, 4.69) is 0 Å². The molecule has 1 unspecified atom stereocenters. The van der Waals surface area contributed by atoms with Crippen LogP contribution in [0, 0.1) is 12.8 Å². The molecule has 1 aromatic rings. The van der Waals surface area contributed by atoms with Gasteiger partial charge in [0.15, 0.2) is 0 Å². The van der Waals surface area contributed by atoms with Crippen molar-refractivity contribution in [1.82, 2.24) is 5.48 Å². The van der Waals surface area contributed by atoms with E-state index in [1.165, 1.54) is 0 Å². The average molecular weight is 306 g/mol. The third kappa shape index (κ3) is 5.58. The molecule has 1 rings (SSSR count). The molecule has 0 spiro atoms. The van der Waals surface area contributed by atoms with E-state index in [0.717, 1.165) is 24.0 Å². The van der Waals surface area contributed by atoms with Crippen LogP contribution in [-0.4, -0.2) is 23.4 Å². The predicted molar refractivity (Wildman–Crippen MR) is 85.5 cm³/mol. The number of hydroxylamine groups is 1. The van der Waals surface area contributed by atoms with Gasteiger partial charge in [-0.2, -0.15) is 0 Å². The van der Waals surface area contributed by atoms with Gasteiger partial charge in [-0.25, -0.2) is 5.48 Å². The van der Waals surface area contributed by atoms with E-state index >= 15 is 0 Å². The zero-order valence-electron chi connectivity index (χ0n) is 13.3. The number of rotatable bonds is 9. The Morgan fingerprint density at radius 1 is 1.23 bits per heavy atom. The number of Topliss-reactive ketones (excluding diaryl/α,β-unsaturated/α-hetero) is 1. The molecule has 0 heterocycles. The largest absolute Gasteiger partial charge is 0.330 e. The summed E-state index contributed by atoms with van der Waals surface area (Å²) < 4.78 is 0. The lowest BCUT2D eigenvalue weighted by atomic mass is 9.87. The van der Waals surface area contributed by atoms with Gasteiger partial charge in [-0.15, -0.1) is 0 Å². The summed E-state index contributed by atoms with van der Waals surface area (Å²) in [6.07, 6.45) is 2.25. The Labute approximate surface area is 131 Å². The number of carbonyl (C=O) groups is 2. The fourth-order valence-corrected chi connectivity index (χ4v) is 2.41. The third-order valence-corrected chi connectivity index (χ3v) is 4.00. The van der Waals surface area contributed by atoms with E-state index < -0.39 is 11.8 Å². The molecule has 0 aliphatic rings. The van der Waals surface area contributed by atoms with Crippen LogP contribution in [0.3, 0.4) is 0 Å². The number of aryl methyl sites for hydroxylation is 1. The van der Waals surface area contributed by atoms with E-state index in [1.54, 1.807) is 5.48 Å². The number of nitrogens with one attached hydrogen (secondary N) is 1. The maximum atomic E-state index is 12.4. The highest BCUT2D eigenvalue weighted by molar-refractivity contribution is 5.90. The summed E-state index contributed by atoms with van der Waals surface area (Å²) in [5.41, 5.74) is 9.19. The number of hydrogen-bond acceptors (Lipinski definition) is 4. The zero-order valence-corrected chi connectivity index (χ0v) is 13.3. The molecule has 0 radical (unpaired) electrons. The van der Waals surface area contributed by atoms with Crippen molar-refractivity contribution >= 4 is 11.7 Å². The Bertz CT molecular complexity index is 485. The van der Waals surface area contributed by atoms with Crippen molar-refractivity contribution in [2.45, 2.75) is 45.4 Å². The van der Waals surface area contributed by atoms with Crippen LogP contribution in [0.25, 0.3) is 0 Å². The van der Waals surface area contributed by atoms with Gasteiger partial charge in [-0.05, 0) is 31.9 Å². The van der Waals surface area contributed by atoms with Crippen LogP contribution in [0.1, 0.15) is 49.7 Å². The first kappa shape index (κ1) is 18.3. The van der Waals surface area contributed by atoms with Gasteiger partial charge in [0, 0.05) is 18.3 Å². The number of amides is 1. The van der Waals surface area contributed by atoms with Crippen LogP contribution >= 0.6 is 0 Å². The Kier molecular flexibility index (Phi) is 7.77. The lowest BCUT2D eigenvalue weighted by Gasteiger charge is -2.17. The summed E-state index contributed by atoms with van der Waals surface area (Å²) in [5, 5.41) is 8.83. The van der Waals surface area contributed by atoms with Crippen molar-refractivity contribution in [3.05, 3.63) is 35.4 Å². The molecule has 0 aliphatic heterocycles. The molecule has 5 nitrogen and oxygen atoms in total. The lowest BCUT2D eigenvalue weighted by molar-refractivity contribution is -0.136. The minimum atomic E-state index is -0.503. The highest BCUT2D eigenvalue weighted by Crippen LogP contribution is 2.22. The van der Waals surface area contributed by atoms with Crippen LogP contribution in [-0.2, 0) is 9.59 Å². The second kappa shape index (κ2) is 9.33. The lowest BCUT2D eigenvalue weighted by Crippen LogP contribution is -2.30. The summed E-state index contributed by atoms with van der Waals surface area (Å²) >= 11 is 0. The number of ketones is 1. The van der Waals surface area contributed by atoms with E-state index in [4.69, 9.17) is 10.9 Å². The van der Waals surface area contributed by atoms with Gasteiger partial charge < -0.3 is 5.73 Å². The van der Waals surface area contributed by atoms with Crippen LogP contribution in [0.15, 0.2) is 24.3 Å². The number of carbonyl (C=O) groups excluding carboxylic acids is 2.